The summed E-state index contributed by atoms with van der Waals surface area (Å²) in [7, 11) is 0. The molecule has 0 unspecified atom stereocenters. The van der Waals surface area contributed by atoms with E-state index in [0.29, 0.717) is 12.0 Å². The predicted molar refractivity (Wildman–Crippen MR) is 90.0 cm³/mol. The molecule has 1 nitrogen and oxygen atoms in total. The van der Waals surface area contributed by atoms with Gasteiger partial charge >= 0.3 is 0 Å². The Labute approximate surface area is 137 Å². The van der Waals surface area contributed by atoms with Crippen molar-refractivity contribution in [2.45, 2.75) is 24.8 Å². The van der Waals surface area contributed by atoms with Gasteiger partial charge in [0.2, 0.25) is 0 Å². The van der Waals surface area contributed by atoms with Crippen molar-refractivity contribution in [3.8, 4) is 0 Å². The number of anilines is 1. The molecule has 3 rings (SSSR count). The van der Waals surface area contributed by atoms with Gasteiger partial charge in [-0.1, -0.05) is 35.3 Å². The molecule has 0 bridgehead atoms. The molecule has 1 fully saturated rings. The highest BCUT2D eigenvalue weighted by Gasteiger charge is 2.30. The van der Waals surface area contributed by atoms with Gasteiger partial charge < -0.3 is 5.32 Å². The highest BCUT2D eigenvalue weighted by atomic mass is 79.9. The average Bonchev–Trinajstić information content (AvgIpc) is 2.39. The van der Waals surface area contributed by atoms with E-state index in [4.69, 9.17) is 23.2 Å². The minimum atomic E-state index is 0.505. The number of hydrogen-bond donors (Lipinski definition) is 1. The Morgan fingerprint density at radius 2 is 1.60 bits per heavy atom. The molecule has 0 atom stereocenters. The van der Waals surface area contributed by atoms with Crippen molar-refractivity contribution < 1.29 is 0 Å². The Morgan fingerprint density at radius 1 is 0.950 bits per heavy atom. The summed E-state index contributed by atoms with van der Waals surface area (Å²) in [5, 5.41) is 5.09. The SMILES string of the molecule is Clc1ccc(C2CC(Nc3cc(Cl)ccc3Br)C2)cc1. The van der Waals surface area contributed by atoms with Crippen LogP contribution in [-0.2, 0) is 0 Å². The summed E-state index contributed by atoms with van der Waals surface area (Å²) in [6, 6.07) is 14.5. The van der Waals surface area contributed by atoms with Crippen molar-refractivity contribution in [2.75, 3.05) is 5.32 Å². The van der Waals surface area contributed by atoms with Gasteiger partial charge in [0.25, 0.3) is 0 Å². The lowest BCUT2D eigenvalue weighted by atomic mass is 9.76. The summed E-state index contributed by atoms with van der Waals surface area (Å²) in [4.78, 5) is 0. The Bertz CT molecular complexity index is 606. The van der Waals surface area contributed by atoms with Crippen LogP contribution in [0.3, 0.4) is 0 Å². The highest BCUT2D eigenvalue weighted by Crippen LogP contribution is 2.40. The standard InChI is InChI=1S/C16H14BrCl2N/c17-15-6-5-13(19)9-16(15)20-14-7-11(8-14)10-1-3-12(18)4-2-10/h1-6,9,11,14,20H,7-8H2. The van der Waals surface area contributed by atoms with Gasteiger partial charge in [0.05, 0.1) is 5.69 Å². The fourth-order valence-corrected chi connectivity index (χ4v) is 3.23. The monoisotopic (exact) mass is 369 g/mol. The third-order valence-corrected chi connectivity index (χ3v) is 4.95. The Balaban J connectivity index is 1.60. The van der Waals surface area contributed by atoms with Crippen LogP contribution in [0.4, 0.5) is 5.69 Å². The van der Waals surface area contributed by atoms with E-state index in [1.54, 1.807) is 0 Å². The summed E-state index contributed by atoms with van der Waals surface area (Å²) < 4.78 is 1.05. The summed E-state index contributed by atoms with van der Waals surface area (Å²) in [5.74, 6) is 0.628. The maximum atomic E-state index is 6.03. The molecule has 20 heavy (non-hydrogen) atoms. The Morgan fingerprint density at radius 3 is 2.30 bits per heavy atom. The van der Waals surface area contributed by atoms with Gasteiger partial charge in [-0.25, -0.2) is 0 Å². The van der Waals surface area contributed by atoms with Crippen molar-refractivity contribution >= 4 is 44.8 Å². The first-order valence-electron chi connectivity index (χ1n) is 6.59. The van der Waals surface area contributed by atoms with Crippen LogP contribution in [0.5, 0.6) is 0 Å². The highest BCUT2D eigenvalue weighted by molar-refractivity contribution is 9.10. The molecule has 1 aliphatic carbocycles. The van der Waals surface area contributed by atoms with Crippen molar-refractivity contribution in [1.82, 2.24) is 0 Å². The lowest BCUT2D eigenvalue weighted by Gasteiger charge is -2.37. The first kappa shape index (κ1) is 14.2. The molecule has 0 aliphatic heterocycles. The van der Waals surface area contributed by atoms with Crippen molar-refractivity contribution in [2.24, 2.45) is 0 Å². The molecule has 1 saturated carbocycles. The van der Waals surface area contributed by atoms with E-state index in [1.165, 1.54) is 5.56 Å². The van der Waals surface area contributed by atoms with E-state index < -0.39 is 0 Å². The lowest BCUT2D eigenvalue weighted by Crippen LogP contribution is -2.34. The zero-order chi connectivity index (χ0) is 14.1. The molecule has 1 N–H and O–H groups in total. The molecule has 0 spiro atoms. The zero-order valence-electron chi connectivity index (χ0n) is 10.7. The van der Waals surface area contributed by atoms with Gasteiger partial charge in [-0.2, -0.15) is 0 Å². The van der Waals surface area contributed by atoms with Crippen LogP contribution in [0.15, 0.2) is 46.9 Å². The topological polar surface area (TPSA) is 12.0 Å². The summed E-state index contributed by atoms with van der Waals surface area (Å²) in [6.07, 6.45) is 2.28. The normalized spacial score (nSPS) is 21.4. The Hall–Kier alpha value is -0.700. The van der Waals surface area contributed by atoms with Gasteiger partial charge in [0.1, 0.15) is 0 Å². The van der Waals surface area contributed by atoms with Gasteiger partial charge in [-0.3, -0.25) is 0 Å². The number of benzene rings is 2. The minimum absolute atomic E-state index is 0.505. The fourth-order valence-electron chi connectivity index (χ4n) is 2.57. The molecule has 0 aromatic heterocycles. The molecule has 0 radical (unpaired) electrons. The van der Waals surface area contributed by atoms with Crippen molar-refractivity contribution in [1.29, 1.82) is 0 Å². The summed E-state index contributed by atoms with van der Waals surface area (Å²) in [5.41, 5.74) is 2.44. The first-order chi connectivity index (χ1) is 9.61. The van der Waals surface area contributed by atoms with Crippen LogP contribution in [0.25, 0.3) is 0 Å². The minimum Gasteiger partial charge on any atom is -0.381 e. The smallest absolute Gasteiger partial charge is 0.0501 e. The molecule has 0 amide bonds. The third-order valence-electron chi connectivity index (χ3n) is 3.77. The van der Waals surface area contributed by atoms with E-state index in [2.05, 4.69) is 33.4 Å². The summed E-state index contributed by atoms with van der Waals surface area (Å²) >= 11 is 15.5. The number of halogens is 3. The van der Waals surface area contributed by atoms with E-state index in [-0.39, 0.29) is 0 Å². The largest absolute Gasteiger partial charge is 0.381 e. The van der Waals surface area contributed by atoms with E-state index in [1.807, 2.05) is 30.3 Å². The molecule has 4 heteroatoms. The molecule has 0 saturated heterocycles. The average molecular weight is 371 g/mol. The van der Waals surface area contributed by atoms with Gasteiger partial charge in [0, 0.05) is 20.6 Å². The quantitative estimate of drug-likeness (QED) is 0.686. The van der Waals surface area contributed by atoms with Crippen LogP contribution in [0.2, 0.25) is 10.0 Å². The molecule has 0 heterocycles. The zero-order valence-corrected chi connectivity index (χ0v) is 13.8. The third kappa shape index (κ3) is 3.13. The molecular weight excluding hydrogens is 357 g/mol. The molecular formula is C16H14BrCl2N. The Kier molecular flexibility index (Phi) is 4.25. The molecule has 2 aromatic carbocycles. The molecule has 2 aromatic rings. The van der Waals surface area contributed by atoms with Crippen LogP contribution in [0.1, 0.15) is 24.3 Å². The van der Waals surface area contributed by atoms with E-state index >= 15 is 0 Å². The van der Waals surface area contributed by atoms with E-state index in [9.17, 15) is 0 Å². The van der Waals surface area contributed by atoms with Crippen molar-refractivity contribution in [3.63, 3.8) is 0 Å². The second-order valence-electron chi connectivity index (χ2n) is 5.19. The second kappa shape index (κ2) is 5.97. The molecule has 1 aliphatic rings. The van der Waals surface area contributed by atoms with Gasteiger partial charge in [-0.05, 0) is 70.6 Å². The second-order valence-corrected chi connectivity index (χ2v) is 6.91. The van der Waals surface area contributed by atoms with Crippen molar-refractivity contribution in [3.05, 3.63) is 62.5 Å². The number of nitrogens with one attached hydrogen (secondary N) is 1. The van der Waals surface area contributed by atoms with Crippen LogP contribution < -0.4 is 5.32 Å². The molecule has 104 valence electrons. The van der Waals surface area contributed by atoms with Gasteiger partial charge in [0.15, 0.2) is 0 Å². The fraction of sp³-hybridized carbons (Fsp3) is 0.250. The predicted octanol–water partition coefficient (Wildman–Crippen LogP) is 6.11. The van der Waals surface area contributed by atoms with Crippen LogP contribution >= 0.6 is 39.1 Å². The first-order valence-corrected chi connectivity index (χ1v) is 8.14. The number of hydrogen-bond acceptors (Lipinski definition) is 1. The maximum Gasteiger partial charge on any atom is 0.0501 e. The summed E-state index contributed by atoms with van der Waals surface area (Å²) in [6.45, 7) is 0. The number of rotatable bonds is 3. The van der Waals surface area contributed by atoms with E-state index in [0.717, 1.165) is 33.0 Å². The maximum absolute atomic E-state index is 6.03. The lowest BCUT2D eigenvalue weighted by molar-refractivity contribution is 0.374. The van der Waals surface area contributed by atoms with Gasteiger partial charge in [-0.15, -0.1) is 0 Å². The van der Waals surface area contributed by atoms with Crippen LogP contribution in [-0.4, -0.2) is 6.04 Å². The van der Waals surface area contributed by atoms with Crippen LogP contribution in [0, 0.1) is 0 Å².